The second kappa shape index (κ2) is 8.30. The summed E-state index contributed by atoms with van der Waals surface area (Å²) in [6.07, 6.45) is 9.43. The zero-order valence-corrected chi connectivity index (χ0v) is 19.6. The summed E-state index contributed by atoms with van der Waals surface area (Å²) in [5, 5.41) is 2.85. The number of rotatable bonds is 5. The summed E-state index contributed by atoms with van der Waals surface area (Å²) in [6.45, 7) is 4.39. The first-order valence-electron chi connectivity index (χ1n) is 11.9. The standard InChI is InChI=1S/C27H25N7O2/c1-2-21(35)34-16-27(10-11-27)15-19(34)25-32-22(23-24(28)30-13-14-33(23)25)17-7-3-4-8-18(17)26(36)31-20-9-5-6-12-29-20/h2-9,12-14,19H,1,10-11,15-16H2,(H2,28,30)(H,29,31,36)/t19-/m0/s1. The summed E-state index contributed by atoms with van der Waals surface area (Å²) in [7, 11) is 0. The summed E-state index contributed by atoms with van der Waals surface area (Å²) >= 11 is 0. The minimum Gasteiger partial charge on any atom is -0.382 e. The number of imidazole rings is 1. The van der Waals surface area contributed by atoms with Crippen LogP contribution in [0.5, 0.6) is 0 Å². The Hall–Kier alpha value is -4.53. The van der Waals surface area contributed by atoms with E-state index in [1.807, 2.05) is 27.6 Å². The minimum absolute atomic E-state index is 0.112. The maximum Gasteiger partial charge on any atom is 0.257 e. The van der Waals surface area contributed by atoms with Gasteiger partial charge >= 0.3 is 0 Å². The fourth-order valence-corrected chi connectivity index (χ4v) is 5.19. The highest BCUT2D eigenvalue weighted by atomic mass is 16.2. The highest BCUT2D eigenvalue weighted by molar-refractivity contribution is 6.09. The molecule has 2 aliphatic rings. The normalized spacial score (nSPS) is 17.9. The molecule has 1 aliphatic carbocycles. The number of likely N-dealkylation sites (tertiary alicyclic amines) is 1. The molecule has 1 aromatic carbocycles. The molecule has 4 aromatic rings. The van der Waals surface area contributed by atoms with Crippen molar-refractivity contribution in [1.29, 1.82) is 0 Å². The molecule has 2 fully saturated rings. The van der Waals surface area contributed by atoms with Crippen molar-refractivity contribution in [3.05, 3.63) is 85.1 Å². The number of aromatic nitrogens is 4. The molecule has 180 valence electrons. The second-order valence-electron chi connectivity index (χ2n) is 9.45. The van der Waals surface area contributed by atoms with Gasteiger partial charge in [0.15, 0.2) is 0 Å². The van der Waals surface area contributed by atoms with E-state index in [-0.39, 0.29) is 23.3 Å². The van der Waals surface area contributed by atoms with E-state index in [0.717, 1.165) is 19.3 Å². The molecule has 9 nitrogen and oxygen atoms in total. The predicted molar refractivity (Wildman–Crippen MR) is 136 cm³/mol. The molecule has 0 bridgehead atoms. The van der Waals surface area contributed by atoms with E-state index in [2.05, 4.69) is 21.9 Å². The predicted octanol–water partition coefficient (Wildman–Crippen LogP) is 3.87. The quantitative estimate of drug-likeness (QED) is 0.420. The zero-order chi connectivity index (χ0) is 24.9. The molecule has 1 aliphatic heterocycles. The number of benzene rings is 1. The molecule has 1 atom stereocenters. The zero-order valence-electron chi connectivity index (χ0n) is 19.6. The maximum absolute atomic E-state index is 13.3. The van der Waals surface area contributed by atoms with E-state index in [1.54, 1.807) is 42.7 Å². The van der Waals surface area contributed by atoms with E-state index in [1.165, 1.54) is 6.08 Å². The SMILES string of the molecule is C=CC(=O)N1CC2(CC2)C[C@H]1c1nc(-c2ccccc2C(=O)Nc2ccccn2)c2c(N)nccn12. The van der Waals surface area contributed by atoms with Crippen LogP contribution in [0, 0.1) is 5.41 Å². The number of pyridine rings is 1. The van der Waals surface area contributed by atoms with Gasteiger partial charge in [-0.1, -0.05) is 30.8 Å². The lowest BCUT2D eigenvalue weighted by Crippen LogP contribution is -2.30. The topological polar surface area (TPSA) is 119 Å². The van der Waals surface area contributed by atoms with E-state index in [0.29, 0.717) is 46.3 Å². The summed E-state index contributed by atoms with van der Waals surface area (Å²) in [5.41, 5.74) is 8.71. The van der Waals surface area contributed by atoms with Gasteiger partial charge in [0.05, 0.1) is 6.04 Å². The van der Waals surface area contributed by atoms with Gasteiger partial charge in [0.25, 0.3) is 5.91 Å². The van der Waals surface area contributed by atoms with Crippen molar-refractivity contribution < 1.29 is 9.59 Å². The number of carbonyl (C=O) groups is 2. The lowest BCUT2D eigenvalue weighted by molar-refractivity contribution is -0.127. The van der Waals surface area contributed by atoms with Crippen molar-refractivity contribution in [3.63, 3.8) is 0 Å². The van der Waals surface area contributed by atoms with Gasteiger partial charge in [-0.2, -0.15) is 0 Å². The lowest BCUT2D eigenvalue weighted by Gasteiger charge is -2.22. The van der Waals surface area contributed by atoms with Gasteiger partial charge in [0.1, 0.15) is 28.7 Å². The molecule has 3 N–H and O–H groups in total. The Labute approximate surface area is 207 Å². The number of carbonyl (C=O) groups excluding carboxylic acids is 2. The molecule has 36 heavy (non-hydrogen) atoms. The van der Waals surface area contributed by atoms with Crippen LogP contribution in [-0.4, -0.2) is 42.6 Å². The van der Waals surface area contributed by atoms with Gasteiger partial charge in [-0.15, -0.1) is 0 Å². The second-order valence-corrected chi connectivity index (χ2v) is 9.45. The molecule has 3 aromatic heterocycles. The summed E-state index contributed by atoms with van der Waals surface area (Å²) in [6, 6.07) is 12.3. The number of hydrogen-bond acceptors (Lipinski definition) is 6. The molecule has 0 radical (unpaired) electrons. The van der Waals surface area contributed by atoms with Crippen LogP contribution in [0.3, 0.4) is 0 Å². The van der Waals surface area contributed by atoms with Gasteiger partial charge in [-0.3, -0.25) is 14.0 Å². The highest BCUT2D eigenvalue weighted by Gasteiger charge is 2.54. The molecule has 1 spiro atoms. The molecule has 6 rings (SSSR count). The van der Waals surface area contributed by atoms with Crippen molar-refractivity contribution in [1.82, 2.24) is 24.3 Å². The first-order valence-corrected chi connectivity index (χ1v) is 11.9. The minimum atomic E-state index is -0.310. The van der Waals surface area contributed by atoms with Crippen LogP contribution in [0.4, 0.5) is 11.6 Å². The van der Waals surface area contributed by atoms with Crippen LogP contribution in [0.15, 0.2) is 73.7 Å². The number of anilines is 2. The molecule has 1 saturated heterocycles. The van der Waals surface area contributed by atoms with Crippen LogP contribution < -0.4 is 11.1 Å². The third kappa shape index (κ3) is 3.60. The van der Waals surface area contributed by atoms with Gasteiger partial charge in [0.2, 0.25) is 5.91 Å². The molecule has 9 heteroatoms. The van der Waals surface area contributed by atoms with E-state index >= 15 is 0 Å². The number of hydrogen-bond donors (Lipinski definition) is 2. The van der Waals surface area contributed by atoms with Gasteiger partial charge in [0, 0.05) is 36.3 Å². The number of nitrogens with two attached hydrogens (primary N) is 1. The smallest absolute Gasteiger partial charge is 0.257 e. The number of nitrogens with zero attached hydrogens (tertiary/aromatic N) is 5. The Bertz CT molecular complexity index is 1510. The van der Waals surface area contributed by atoms with Crippen LogP contribution in [0.2, 0.25) is 0 Å². The van der Waals surface area contributed by atoms with E-state index < -0.39 is 0 Å². The largest absolute Gasteiger partial charge is 0.382 e. The summed E-state index contributed by atoms with van der Waals surface area (Å²) in [4.78, 5) is 41.4. The van der Waals surface area contributed by atoms with Gasteiger partial charge in [-0.05, 0) is 49.0 Å². The van der Waals surface area contributed by atoms with Crippen molar-refractivity contribution in [3.8, 4) is 11.3 Å². The van der Waals surface area contributed by atoms with Crippen LogP contribution in [-0.2, 0) is 4.79 Å². The van der Waals surface area contributed by atoms with Crippen molar-refractivity contribution in [2.75, 3.05) is 17.6 Å². The third-order valence-electron chi connectivity index (χ3n) is 7.16. The van der Waals surface area contributed by atoms with E-state index in [9.17, 15) is 9.59 Å². The molecule has 2 amide bonds. The molecular formula is C27H25N7O2. The van der Waals surface area contributed by atoms with Crippen molar-refractivity contribution in [2.45, 2.75) is 25.3 Å². The number of amides is 2. The summed E-state index contributed by atoms with van der Waals surface area (Å²) < 4.78 is 1.90. The fourth-order valence-electron chi connectivity index (χ4n) is 5.19. The number of nitrogens with one attached hydrogen (secondary N) is 1. The molecular weight excluding hydrogens is 454 g/mol. The van der Waals surface area contributed by atoms with Crippen LogP contribution >= 0.6 is 0 Å². The average Bonchev–Trinajstić information content (AvgIpc) is 3.38. The van der Waals surface area contributed by atoms with Gasteiger partial charge < -0.3 is 16.0 Å². The van der Waals surface area contributed by atoms with Crippen LogP contribution in [0.25, 0.3) is 16.8 Å². The molecule has 1 saturated carbocycles. The fraction of sp³-hybridized carbons (Fsp3) is 0.222. The molecule has 4 heterocycles. The summed E-state index contributed by atoms with van der Waals surface area (Å²) in [5.74, 6) is 1.03. The Morgan fingerprint density at radius 3 is 2.67 bits per heavy atom. The van der Waals surface area contributed by atoms with Crippen molar-refractivity contribution >= 4 is 29.0 Å². The monoisotopic (exact) mass is 479 g/mol. The highest BCUT2D eigenvalue weighted by Crippen LogP contribution is 2.58. The van der Waals surface area contributed by atoms with Crippen LogP contribution in [0.1, 0.15) is 41.5 Å². The lowest BCUT2D eigenvalue weighted by atomic mass is 10.0. The average molecular weight is 480 g/mol. The first-order chi connectivity index (χ1) is 17.5. The molecule has 0 unspecified atom stereocenters. The number of fused-ring (bicyclic) bond motifs is 1. The Kier molecular flexibility index (Phi) is 5.06. The Morgan fingerprint density at radius 2 is 1.92 bits per heavy atom. The Morgan fingerprint density at radius 1 is 1.11 bits per heavy atom. The van der Waals surface area contributed by atoms with E-state index in [4.69, 9.17) is 10.7 Å². The number of nitrogen functional groups attached to an aromatic ring is 1. The third-order valence-corrected chi connectivity index (χ3v) is 7.16. The maximum atomic E-state index is 13.3. The Balaban J connectivity index is 1.48. The first kappa shape index (κ1) is 22.0. The van der Waals surface area contributed by atoms with Gasteiger partial charge in [-0.25, -0.2) is 15.0 Å². The van der Waals surface area contributed by atoms with Crippen molar-refractivity contribution in [2.24, 2.45) is 5.41 Å².